The summed E-state index contributed by atoms with van der Waals surface area (Å²) >= 11 is 0. The number of amides is 1. The van der Waals surface area contributed by atoms with Crippen molar-refractivity contribution in [3.8, 4) is 0 Å². The van der Waals surface area contributed by atoms with Gasteiger partial charge in [-0.3, -0.25) is 4.79 Å². The highest BCUT2D eigenvalue weighted by Gasteiger charge is 2.44. The van der Waals surface area contributed by atoms with Crippen LogP contribution in [-0.4, -0.2) is 98.7 Å². The number of hydrogen-bond donors (Lipinski definition) is 7. The molecule has 1 saturated heterocycles. The molecule has 0 saturated carbocycles. The third-order valence-corrected chi connectivity index (χ3v) is 8.97. The van der Waals surface area contributed by atoms with Gasteiger partial charge in [0.25, 0.3) is 0 Å². The lowest BCUT2D eigenvalue weighted by atomic mass is 9.99. The van der Waals surface area contributed by atoms with E-state index in [2.05, 4.69) is 49.5 Å². The van der Waals surface area contributed by atoms with Crippen molar-refractivity contribution in [3.05, 3.63) is 48.6 Å². The molecule has 1 amide bonds. The minimum Gasteiger partial charge on any atom is -0.394 e. The van der Waals surface area contributed by atoms with E-state index in [0.29, 0.717) is 12.8 Å². The maximum atomic E-state index is 12.9. The molecule has 1 rings (SSSR count). The Labute approximate surface area is 302 Å². The van der Waals surface area contributed by atoms with Gasteiger partial charge >= 0.3 is 0 Å². The molecular weight excluding hydrogens is 638 g/mol. The first kappa shape index (κ1) is 46.1. The van der Waals surface area contributed by atoms with Crippen molar-refractivity contribution in [2.24, 2.45) is 0 Å². The molecule has 1 fully saturated rings. The summed E-state index contributed by atoms with van der Waals surface area (Å²) in [6, 6.07) is -1.02. The number of carbonyl (C=O) groups excluding carboxylic acids is 1. The maximum Gasteiger partial charge on any atom is 0.249 e. The van der Waals surface area contributed by atoms with Crippen LogP contribution in [0.5, 0.6) is 0 Å². The zero-order valence-corrected chi connectivity index (χ0v) is 31.0. The Bertz CT molecular complexity index is 938. The second-order valence-electron chi connectivity index (χ2n) is 13.5. The highest BCUT2D eigenvalue weighted by atomic mass is 16.7. The average molecular weight is 710 g/mol. The average Bonchev–Trinajstić information content (AvgIpc) is 3.11. The summed E-state index contributed by atoms with van der Waals surface area (Å²) in [6.45, 7) is 3.46. The minimum atomic E-state index is -1.62. The van der Waals surface area contributed by atoms with E-state index in [1.165, 1.54) is 64.2 Å². The molecule has 8 unspecified atom stereocenters. The van der Waals surface area contributed by atoms with Crippen LogP contribution >= 0.6 is 0 Å². The van der Waals surface area contributed by atoms with Crippen LogP contribution in [0.3, 0.4) is 0 Å². The van der Waals surface area contributed by atoms with E-state index >= 15 is 0 Å². The lowest BCUT2D eigenvalue weighted by molar-refractivity contribution is -0.302. The van der Waals surface area contributed by atoms with Gasteiger partial charge in [0.15, 0.2) is 6.29 Å². The van der Waals surface area contributed by atoms with Crippen molar-refractivity contribution in [2.45, 2.75) is 185 Å². The number of nitrogens with one attached hydrogen (secondary N) is 1. The molecule has 8 atom stereocenters. The van der Waals surface area contributed by atoms with E-state index in [1.54, 1.807) is 6.08 Å². The predicted octanol–water partition coefficient (Wildman–Crippen LogP) is 5.69. The smallest absolute Gasteiger partial charge is 0.249 e. The molecule has 1 heterocycles. The van der Waals surface area contributed by atoms with E-state index < -0.39 is 61.5 Å². The molecule has 290 valence electrons. The van der Waals surface area contributed by atoms with Gasteiger partial charge in [-0.25, -0.2) is 0 Å². The number of unbranched alkanes of at least 4 members (excludes halogenated alkanes) is 13. The predicted molar refractivity (Wildman–Crippen MR) is 199 cm³/mol. The quantitative estimate of drug-likeness (QED) is 0.0366. The largest absolute Gasteiger partial charge is 0.394 e. The van der Waals surface area contributed by atoms with Crippen LogP contribution in [-0.2, 0) is 14.3 Å². The Balaban J connectivity index is 2.57. The molecule has 50 heavy (non-hydrogen) atoms. The monoisotopic (exact) mass is 710 g/mol. The van der Waals surface area contributed by atoms with E-state index in [-0.39, 0.29) is 13.0 Å². The van der Waals surface area contributed by atoms with Crippen molar-refractivity contribution in [1.29, 1.82) is 0 Å². The first-order valence-electron chi connectivity index (χ1n) is 19.5. The van der Waals surface area contributed by atoms with Gasteiger partial charge in [0.05, 0.1) is 25.4 Å². The number of hydrogen-bond acceptors (Lipinski definition) is 9. The van der Waals surface area contributed by atoms with Crippen molar-refractivity contribution < 1.29 is 44.9 Å². The van der Waals surface area contributed by atoms with Crippen LogP contribution in [0, 0.1) is 0 Å². The summed E-state index contributed by atoms with van der Waals surface area (Å²) in [5, 5.41) is 64.1. The number of carbonyl (C=O) groups is 1. The molecule has 10 heteroatoms. The second kappa shape index (κ2) is 30.7. The second-order valence-corrected chi connectivity index (χ2v) is 13.5. The molecule has 0 aliphatic carbocycles. The fourth-order valence-corrected chi connectivity index (χ4v) is 5.66. The SMILES string of the molecule is CCCCCC/C=C\CCC(O)C(=O)NC(COC1OC(CO)C(O)C(O)C1O)C(O)/C=C/CC/C=C/CC/C=C/CCCCCCCCC. The number of aliphatic hydroxyl groups excluding tert-OH is 6. The summed E-state index contributed by atoms with van der Waals surface area (Å²) < 4.78 is 11.0. The number of aliphatic hydroxyl groups is 6. The van der Waals surface area contributed by atoms with E-state index in [9.17, 15) is 35.4 Å². The normalized spacial score (nSPS) is 23.4. The van der Waals surface area contributed by atoms with Crippen LogP contribution in [0.25, 0.3) is 0 Å². The zero-order valence-electron chi connectivity index (χ0n) is 31.0. The summed E-state index contributed by atoms with van der Waals surface area (Å²) in [7, 11) is 0. The van der Waals surface area contributed by atoms with Gasteiger partial charge in [-0.05, 0) is 64.2 Å². The Morgan fingerprint density at radius 1 is 0.680 bits per heavy atom. The minimum absolute atomic E-state index is 0.213. The third kappa shape index (κ3) is 21.5. The number of ether oxygens (including phenoxy) is 2. The molecule has 1 aliphatic rings. The molecule has 0 aromatic carbocycles. The molecule has 0 aromatic rings. The van der Waals surface area contributed by atoms with Gasteiger partial charge in [0.1, 0.15) is 30.5 Å². The molecule has 10 nitrogen and oxygen atoms in total. The van der Waals surface area contributed by atoms with Crippen molar-refractivity contribution in [1.82, 2.24) is 5.32 Å². The van der Waals surface area contributed by atoms with Crippen molar-refractivity contribution in [2.75, 3.05) is 13.2 Å². The Hall–Kier alpha value is -1.89. The Morgan fingerprint density at radius 3 is 1.76 bits per heavy atom. The molecule has 0 aromatic heterocycles. The third-order valence-electron chi connectivity index (χ3n) is 8.97. The maximum absolute atomic E-state index is 12.9. The van der Waals surface area contributed by atoms with Crippen LogP contribution in [0.2, 0.25) is 0 Å². The summed E-state index contributed by atoms with van der Waals surface area (Å²) in [6.07, 6.45) is 26.6. The van der Waals surface area contributed by atoms with E-state index in [4.69, 9.17) is 9.47 Å². The topological polar surface area (TPSA) is 169 Å². The lowest BCUT2D eigenvalue weighted by Gasteiger charge is -2.40. The highest BCUT2D eigenvalue weighted by molar-refractivity contribution is 5.80. The van der Waals surface area contributed by atoms with Crippen molar-refractivity contribution in [3.63, 3.8) is 0 Å². The molecule has 7 N–H and O–H groups in total. The zero-order chi connectivity index (χ0) is 36.8. The molecule has 0 radical (unpaired) electrons. The number of allylic oxidation sites excluding steroid dienone is 7. The first-order valence-corrected chi connectivity index (χ1v) is 19.5. The van der Waals surface area contributed by atoms with Gasteiger partial charge in [-0.1, -0.05) is 120 Å². The fourth-order valence-electron chi connectivity index (χ4n) is 5.66. The van der Waals surface area contributed by atoms with E-state index in [0.717, 1.165) is 38.5 Å². The summed E-state index contributed by atoms with van der Waals surface area (Å²) in [5.41, 5.74) is 0. The van der Waals surface area contributed by atoms with Gasteiger partial charge in [0, 0.05) is 0 Å². The molecule has 0 bridgehead atoms. The standard InChI is InChI=1S/C40H71NO9/c1-3-5-7-9-11-13-14-15-16-17-18-19-20-21-23-24-26-28-33(43)32(31-49-40-38(47)37(46)36(45)35(30-42)50-40)41-39(48)34(44)29-27-25-22-12-10-8-6-4-2/h16-17,20-22,25-26,28,32-38,40,42-47H,3-15,18-19,23-24,27,29-31H2,1-2H3,(H,41,48)/b17-16+,21-20+,25-22-,28-26+. The molecular formula is C40H71NO9. The summed E-state index contributed by atoms with van der Waals surface area (Å²) in [5.74, 6) is -0.671. The number of rotatable bonds is 30. The summed E-state index contributed by atoms with van der Waals surface area (Å²) in [4.78, 5) is 12.9. The molecule has 0 spiro atoms. The van der Waals surface area contributed by atoms with E-state index in [1.807, 2.05) is 12.2 Å². The van der Waals surface area contributed by atoms with Crippen LogP contribution in [0.15, 0.2) is 48.6 Å². The van der Waals surface area contributed by atoms with Crippen molar-refractivity contribution >= 4 is 5.91 Å². The Kier molecular flexibility index (Phi) is 28.3. The lowest BCUT2D eigenvalue weighted by Crippen LogP contribution is -2.60. The molecule has 1 aliphatic heterocycles. The van der Waals surface area contributed by atoms with Crippen LogP contribution in [0.1, 0.15) is 136 Å². The highest BCUT2D eigenvalue weighted by Crippen LogP contribution is 2.22. The van der Waals surface area contributed by atoms with Crippen LogP contribution in [0.4, 0.5) is 0 Å². The van der Waals surface area contributed by atoms with Gasteiger partial charge in [-0.2, -0.15) is 0 Å². The van der Waals surface area contributed by atoms with Crippen LogP contribution < -0.4 is 5.32 Å². The van der Waals surface area contributed by atoms with Gasteiger partial charge < -0.3 is 45.4 Å². The van der Waals surface area contributed by atoms with Gasteiger partial charge in [-0.15, -0.1) is 0 Å². The first-order chi connectivity index (χ1) is 24.3. The van der Waals surface area contributed by atoms with Gasteiger partial charge in [0.2, 0.25) is 5.91 Å². The fraction of sp³-hybridized carbons (Fsp3) is 0.775. The Morgan fingerprint density at radius 2 is 1.18 bits per heavy atom.